The highest BCUT2D eigenvalue weighted by atomic mass is 19.1. The minimum absolute atomic E-state index is 0.349. The first kappa shape index (κ1) is 11.3. The van der Waals surface area contributed by atoms with Crippen LogP contribution in [0.15, 0.2) is 36.5 Å². The molecule has 0 aliphatic rings. The Hall–Kier alpha value is -2.17. The molecule has 1 aromatic carbocycles. The van der Waals surface area contributed by atoms with Gasteiger partial charge >= 0.3 is 0 Å². The van der Waals surface area contributed by atoms with Gasteiger partial charge in [-0.1, -0.05) is 0 Å². The van der Waals surface area contributed by atoms with Gasteiger partial charge in [0.05, 0.1) is 12.8 Å². The minimum atomic E-state index is -0.587. The van der Waals surface area contributed by atoms with E-state index in [1.807, 2.05) is 0 Å². The second-order valence-corrected chi connectivity index (χ2v) is 3.34. The zero-order valence-electron chi connectivity index (χ0n) is 9.08. The highest BCUT2D eigenvalue weighted by molar-refractivity contribution is 5.65. The van der Waals surface area contributed by atoms with Crippen LogP contribution in [0.4, 0.5) is 20.2 Å². The lowest BCUT2D eigenvalue weighted by molar-refractivity contribution is 0.413. The smallest absolute Gasteiger partial charge is 0.214 e. The Labute approximate surface area is 97.1 Å². The average Bonchev–Trinajstić information content (AvgIpc) is 2.31. The van der Waals surface area contributed by atoms with Crippen LogP contribution in [0.1, 0.15) is 0 Å². The van der Waals surface area contributed by atoms with Crippen LogP contribution < -0.4 is 10.1 Å². The third-order valence-electron chi connectivity index (χ3n) is 2.17. The van der Waals surface area contributed by atoms with E-state index < -0.39 is 11.8 Å². The van der Waals surface area contributed by atoms with Gasteiger partial charge in [-0.2, -0.15) is 4.39 Å². The van der Waals surface area contributed by atoms with E-state index in [4.69, 9.17) is 4.74 Å². The lowest BCUT2D eigenvalue weighted by Gasteiger charge is -2.10. The first-order valence-electron chi connectivity index (χ1n) is 4.91. The van der Waals surface area contributed by atoms with Crippen LogP contribution in [0.3, 0.4) is 0 Å². The van der Waals surface area contributed by atoms with Gasteiger partial charge in [0, 0.05) is 24.0 Å². The van der Waals surface area contributed by atoms with Gasteiger partial charge in [0.25, 0.3) is 0 Å². The molecule has 0 saturated heterocycles. The normalized spacial score (nSPS) is 10.1. The summed E-state index contributed by atoms with van der Waals surface area (Å²) < 4.78 is 30.9. The molecule has 0 atom stereocenters. The molecule has 5 heteroatoms. The van der Waals surface area contributed by atoms with Crippen LogP contribution in [0, 0.1) is 11.8 Å². The molecule has 1 heterocycles. The molecule has 3 nitrogen and oxygen atoms in total. The molecule has 0 bridgehead atoms. The van der Waals surface area contributed by atoms with Crippen molar-refractivity contribution >= 4 is 11.4 Å². The molecule has 0 spiro atoms. The van der Waals surface area contributed by atoms with E-state index in [0.29, 0.717) is 17.1 Å². The minimum Gasteiger partial charge on any atom is -0.494 e. The van der Waals surface area contributed by atoms with Crippen molar-refractivity contribution in [1.82, 2.24) is 4.98 Å². The zero-order chi connectivity index (χ0) is 12.3. The number of nitrogens with zero attached hydrogens (tertiary/aromatic N) is 1. The number of pyridine rings is 1. The molecule has 0 fully saturated rings. The molecule has 0 unspecified atom stereocenters. The molecule has 2 aromatic rings. The number of hydrogen-bond acceptors (Lipinski definition) is 3. The molecule has 0 radical (unpaired) electrons. The van der Waals surface area contributed by atoms with E-state index in [1.54, 1.807) is 6.07 Å². The van der Waals surface area contributed by atoms with Crippen molar-refractivity contribution in [1.29, 1.82) is 0 Å². The van der Waals surface area contributed by atoms with Gasteiger partial charge < -0.3 is 10.1 Å². The van der Waals surface area contributed by atoms with E-state index in [0.717, 1.165) is 0 Å². The van der Waals surface area contributed by atoms with E-state index in [-0.39, 0.29) is 0 Å². The summed E-state index contributed by atoms with van der Waals surface area (Å²) in [6.07, 6.45) is 1.34. The van der Waals surface area contributed by atoms with Crippen LogP contribution in [0.5, 0.6) is 5.75 Å². The maximum Gasteiger partial charge on any atom is 0.214 e. The zero-order valence-corrected chi connectivity index (χ0v) is 9.08. The molecule has 0 amide bonds. The summed E-state index contributed by atoms with van der Waals surface area (Å²) in [6, 6.07) is 6.91. The number of nitrogens with one attached hydrogen (secondary N) is 1. The maximum absolute atomic E-state index is 13.0. The number of aromatic nitrogens is 1. The average molecular weight is 236 g/mol. The van der Waals surface area contributed by atoms with Crippen molar-refractivity contribution in [3.8, 4) is 5.75 Å². The third-order valence-corrected chi connectivity index (χ3v) is 2.17. The van der Waals surface area contributed by atoms with E-state index >= 15 is 0 Å². The monoisotopic (exact) mass is 236 g/mol. The predicted molar refractivity (Wildman–Crippen MR) is 60.4 cm³/mol. The van der Waals surface area contributed by atoms with Gasteiger partial charge in [0.1, 0.15) is 11.6 Å². The molecule has 17 heavy (non-hydrogen) atoms. The summed E-state index contributed by atoms with van der Waals surface area (Å²) in [7, 11) is 1.44. The highest BCUT2D eigenvalue weighted by Gasteiger charge is 2.05. The first-order chi connectivity index (χ1) is 8.19. The Kier molecular flexibility index (Phi) is 3.18. The fourth-order valence-corrected chi connectivity index (χ4v) is 1.40. The van der Waals surface area contributed by atoms with Crippen LogP contribution >= 0.6 is 0 Å². The topological polar surface area (TPSA) is 34.1 Å². The second kappa shape index (κ2) is 4.78. The number of benzene rings is 1. The molecule has 1 N–H and O–H groups in total. The van der Waals surface area contributed by atoms with Crippen molar-refractivity contribution in [2.75, 3.05) is 12.4 Å². The van der Waals surface area contributed by atoms with Gasteiger partial charge in [0.15, 0.2) is 0 Å². The van der Waals surface area contributed by atoms with Crippen molar-refractivity contribution in [2.24, 2.45) is 0 Å². The fraction of sp³-hybridized carbons (Fsp3) is 0.0833. The van der Waals surface area contributed by atoms with Crippen molar-refractivity contribution < 1.29 is 13.5 Å². The second-order valence-electron chi connectivity index (χ2n) is 3.34. The van der Waals surface area contributed by atoms with Gasteiger partial charge in [0.2, 0.25) is 5.95 Å². The Balaban J connectivity index is 2.29. The van der Waals surface area contributed by atoms with Crippen molar-refractivity contribution in [2.45, 2.75) is 0 Å². The molecule has 0 aliphatic heterocycles. The molecule has 0 aliphatic carbocycles. The number of halogens is 2. The number of rotatable bonds is 3. The van der Waals surface area contributed by atoms with Gasteiger partial charge in [-0.3, -0.25) is 0 Å². The van der Waals surface area contributed by atoms with Gasteiger partial charge in [-0.25, -0.2) is 9.37 Å². The maximum atomic E-state index is 13.0. The summed E-state index contributed by atoms with van der Waals surface area (Å²) in [6.45, 7) is 0. The first-order valence-corrected chi connectivity index (χ1v) is 4.91. The predicted octanol–water partition coefficient (Wildman–Crippen LogP) is 3.11. The lowest BCUT2D eigenvalue weighted by Crippen LogP contribution is -1.96. The summed E-state index contributed by atoms with van der Waals surface area (Å²) in [4.78, 5) is 3.44. The molecule has 1 aromatic heterocycles. The van der Waals surface area contributed by atoms with Crippen LogP contribution in [-0.2, 0) is 0 Å². The number of anilines is 2. The van der Waals surface area contributed by atoms with Crippen LogP contribution in [0.25, 0.3) is 0 Å². The van der Waals surface area contributed by atoms with E-state index in [9.17, 15) is 8.78 Å². The van der Waals surface area contributed by atoms with Crippen molar-refractivity contribution in [3.63, 3.8) is 0 Å². The summed E-state index contributed by atoms with van der Waals surface area (Å²) in [5.74, 6) is -0.633. The van der Waals surface area contributed by atoms with Crippen LogP contribution in [-0.4, -0.2) is 12.1 Å². The molecular weight excluding hydrogens is 226 g/mol. The van der Waals surface area contributed by atoms with E-state index in [1.165, 1.54) is 37.6 Å². The highest BCUT2D eigenvalue weighted by Crippen LogP contribution is 2.28. The Morgan fingerprint density at radius 1 is 1.18 bits per heavy atom. The number of hydrogen-bond donors (Lipinski definition) is 1. The third kappa shape index (κ3) is 2.69. The quantitative estimate of drug-likeness (QED) is 0.831. The fourth-order valence-electron chi connectivity index (χ4n) is 1.40. The SMILES string of the molecule is COc1cc(F)ccc1Nc1ccnc(F)c1. The molecule has 2 rings (SSSR count). The molecule has 0 saturated carbocycles. The number of ether oxygens (including phenoxy) is 1. The van der Waals surface area contributed by atoms with Gasteiger partial charge in [-0.05, 0) is 18.2 Å². The Bertz CT molecular complexity index is 532. The standard InChI is InChI=1S/C12H10F2N2O/c1-17-11-6-8(13)2-3-10(11)16-9-4-5-15-12(14)7-9/h2-7H,1H3,(H,15,16). The summed E-state index contributed by atoms with van der Waals surface area (Å²) in [5.41, 5.74) is 1.07. The van der Waals surface area contributed by atoms with E-state index in [2.05, 4.69) is 10.3 Å². The Morgan fingerprint density at radius 3 is 2.71 bits per heavy atom. The largest absolute Gasteiger partial charge is 0.494 e. The summed E-state index contributed by atoms with van der Waals surface area (Å²) in [5, 5.41) is 2.92. The lowest BCUT2D eigenvalue weighted by atomic mass is 10.2. The Morgan fingerprint density at radius 2 is 2.00 bits per heavy atom. The summed E-state index contributed by atoms with van der Waals surface area (Å²) >= 11 is 0. The van der Waals surface area contributed by atoms with Crippen LogP contribution in [0.2, 0.25) is 0 Å². The number of methoxy groups -OCH3 is 1. The van der Waals surface area contributed by atoms with Crippen molar-refractivity contribution in [3.05, 3.63) is 48.3 Å². The molecule has 88 valence electrons. The van der Waals surface area contributed by atoms with Gasteiger partial charge in [-0.15, -0.1) is 0 Å². The molecular formula is C12H10F2N2O.